The van der Waals surface area contributed by atoms with Crippen molar-refractivity contribution < 1.29 is 19.4 Å². The van der Waals surface area contributed by atoms with E-state index in [-0.39, 0.29) is 11.8 Å². The van der Waals surface area contributed by atoms with Crippen LogP contribution in [0.5, 0.6) is 11.5 Å². The fourth-order valence-corrected chi connectivity index (χ4v) is 1.54. The molecule has 0 radical (unpaired) electrons. The molecule has 2 aromatic rings. The maximum absolute atomic E-state index is 11.3. The van der Waals surface area contributed by atoms with Gasteiger partial charge < -0.3 is 9.84 Å². The van der Waals surface area contributed by atoms with Crippen LogP contribution in [0.25, 0.3) is 0 Å². The molecule has 1 N–H and O–H groups in total. The number of ether oxygens (including phenoxy) is 1. The van der Waals surface area contributed by atoms with Crippen molar-refractivity contribution in [3.63, 3.8) is 0 Å². The molecule has 22 heavy (non-hydrogen) atoms. The van der Waals surface area contributed by atoms with Crippen molar-refractivity contribution in [1.82, 2.24) is 0 Å². The molecule has 0 saturated heterocycles. The largest absolute Gasteiger partial charge is 0.508 e. The number of carbonyl (C=O) groups is 2. The van der Waals surface area contributed by atoms with E-state index in [9.17, 15) is 9.59 Å². The normalized spacial score (nSPS) is 9.36. The summed E-state index contributed by atoms with van der Waals surface area (Å²) in [5, 5.41) is 8.63. The van der Waals surface area contributed by atoms with Gasteiger partial charge in [0.05, 0.1) is 0 Å². The van der Waals surface area contributed by atoms with Crippen molar-refractivity contribution in [1.29, 1.82) is 0 Å². The van der Waals surface area contributed by atoms with Gasteiger partial charge in [0.25, 0.3) is 0 Å². The molecule has 4 heteroatoms. The minimum absolute atomic E-state index is 0.0865. The van der Waals surface area contributed by atoms with Crippen molar-refractivity contribution in [3.8, 4) is 11.5 Å². The number of phenols is 1. The lowest BCUT2D eigenvalue weighted by molar-refractivity contribution is -0.134. The van der Waals surface area contributed by atoms with Crippen LogP contribution in [0.4, 0.5) is 0 Å². The molecule has 0 amide bonds. The number of para-hydroxylation sites is 1. The minimum Gasteiger partial charge on any atom is -0.508 e. The molecule has 0 bridgehead atoms. The number of hydrogen-bond acceptors (Lipinski definition) is 4. The number of aromatic hydroxyl groups is 1. The van der Waals surface area contributed by atoms with Crippen molar-refractivity contribution >= 4 is 11.8 Å². The van der Waals surface area contributed by atoms with Crippen molar-refractivity contribution in [2.45, 2.75) is 26.7 Å². The van der Waals surface area contributed by atoms with Gasteiger partial charge in [-0.2, -0.15) is 0 Å². The maximum Gasteiger partial charge on any atom is 0.310 e. The molecule has 0 spiro atoms. The van der Waals surface area contributed by atoms with E-state index < -0.39 is 0 Å². The molecule has 0 unspecified atom stereocenters. The van der Waals surface area contributed by atoms with Crippen LogP contribution in [-0.2, 0) is 4.79 Å². The van der Waals surface area contributed by atoms with E-state index in [0.29, 0.717) is 29.9 Å². The van der Waals surface area contributed by atoms with Crippen LogP contribution in [0.15, 0.2) is 54.6 Å². The Morgan fingerprint density at radius 2 is 1.50 bits per heavy atom. The molecule has 0 aromatic heterocycles. The first-order chi connectivity index (χ1) is 10.6. The number of rotatable bonds is 4. The first-order valence-corrected chi connectivity index (χ1v) is 7.14. The Kier molecular flexibility index (Phi) is 7.40. The highest BCUT2D eigenvalue weighted by Gasteiger charge is 2.04. The third-order valence-electron chi connectivity index (χ3n) is 2.77. The number of phenolic OH excluding ortho intramolecular Hbond substituents is 1. The predicted molar refractivity (Wildman–Crippen MR) is 85.1 cm³/mol. The lowest BCUT2D eigenvalue weighted by atomic mass is 10.1. The van der Waals surface area contributed by atoms with Gasteiger partial charge in [0.1, 0.15) is 11.5 Å². The van der Waals surface area contributed by atoms with E-state index in [1.807, 2.05) is 13.0 Å². The summed E-state index contributed by atoms with van der Waals surface area (Å²) in [6.45, 7) is 3.55. The number of esters is 1. The molecule has 0 saturated carbocycles. The summed E-state index contributed by atoms with van der Waals surface area (Å²) in [7, 11) is 0. The third kappa shape index (κ3) is 6.22. The van der Waals surface area contributed by atoms with E-state index in [1.165, 1.54) is 0 Å². The van der Waals surface area contributed by atoms with Crippen molar-refractivity contribution in [2.75, 3.05) is 0 Å². The van der Waals surface area contributed by atoms with Crippen LogP contribution < -0.4 is 4.74 Å². The monoisotopic (exact) mass is 300 g/mol. The van der Waals surface area contributed by atoms with Crippen LogP contribution >= 0.6 is 0 Å². The summed E-state index contributed by atoms with van der Waals surface area (Å²) in [6.07, 6.45) is 0.823. The average molecular weight is 300 g/mol. The molecule has 0 fully saturated rings. The molecule has 0 aliphatic carbocycles. The SMILES string of the molecule is CCC(=O)Oc1ccc(C(=O)CC)cc1.Oc1ccccc1. The highest BCUT2D eigenvalue weighted by molar-refractivity contribution is 5.95. The fourth-order valence-electron chi connectivity index (χ4n) is 1.54. The Hall–Kier alpha value is -2.62. The Labute approximate surface area is 130 Å². The topological polar surface area (TPSA) is 63.6 Å². The van der Waals surface area contributed by atoms with E-state index >= 15 is 0 Å². The lowest BCUT2D eigenvalue weighted by Gasteiger charge is -2.03. The molecular formula is C18H20O4. The van der Waals surface area contributed by atoms with Crippen molar-refractivity contribution in [3.05, 3.63) is 60.2 Å². The summed E-state index contributed by atoms with van der Waals surface area (Å²) in [5.74, 6) is 0.616. The standard InChI is InChI=1S/C12H14O3.C6H6O/c1-3-11(13)9-5-7-10(8-6-9)15-12(14)4-2;7-6-4-2-1-3-5-6/h5-8H,3-4H2,1-2H3;1-5,7H. The van der Waals surface area contributed by atoms with E-state index in [1.54, 1.807) is 55.5 Å². The number of hydrogen-bond donors (Lipinski definition) is 1. The summed E-state index contributed by atoms with van der Waals surface area (Å²) in [5.41, 5.74) is 0.647. The predicted octanol–water partition coefficient (Wildman–Crippen LogP) is 3.99. The van der Waals surface area contributed by atoms with Crippen LogP contribution in [-0.4, -0.2) is 16.9 Å². The first kappa shape index (κ1) is 17.4. The van der Waals surface area contributed by atoms with Gasteiger partial charge in [-0.25, -0.2) is 0 Å². The van der Waals surface area contributed by atoms with Crippen LogP contribution in [0.2, 0.25) is 0 Å². The minimum atomic E-state index is -0.274. The second-order valence-electron chi connectivity index (χ2n) is 4.46. The Bertz CT molecular complexity index is 588. The number of ketones is 1. The summed E-state index contributed by atoms with van der Waals surface area (Å²) >= 11 is 0. The second-order valence-corrected chi connectivity index (χ2v) is 4.46. The summed E-state index contributed by atoms with van der Waals surface area (Å²) < 4.78 is 4.98. The molecule has 2 rings (SSSR count). The zero-order valence-electron chi connectivity index (χ0n) is 12.8. The van der Waals surface area contributed by atoms with Gasteiger partial charge in [-0.15, -0.1) is 0 Å². The third-order valence-corrected chi connectivity index (χ3v) is 2.77. The van der Waals surface area contributed by atoms with Gasteiger partial charge in [-0.05, 0) is 36.4 Å². The maximum atomic E-state index is 11.3. The average Bonchev–Trinajstić information content (AvgIpc) is 2.56. The molecule has 0 aliphatic heterocycles. The lowest BCUT2D eigenvalue weighted by Crippen LogP contribution is -2.05. The van der Waals surface area contributed by atoms with Crippen LogP contribution in [0, 0.1) is 0 Å². The van der Waals surface area contributed by atoms with Crippen LogP contribution in [0.1, 0.15) is 37.0 Å². The van der Waals surface area contributed by atoms with Gasteiger partial charge in [0.15, 0.2) is 5.78 Å². The Morgan fingerprint density at radius 1 is 0.909 bits per heavy atom. The smallest absolute Gasteiger partial charge is 0.310 e. The second kappa shape index (κ2) is 9.34. The summed E-state index contributed by atoms with van der Waals surface area (Å²) in [4.78, 5) is 22.3. The molecular weight excluding hydrogens is 280 g/mol. The number of Topliss-reactive ketones (excluding diaryl/α,β-unsaturated/α-hetero) is 1. The molecule has 4 nitrogen and oxygen atoms in total. The van der Waals surface area contributed by atoms with E-state index in [2.05, 4.69) is 0 Å². The number of carbonyl (C=O) groups excluding carboxylic acids is 2. The van der Waals surface area contributed by atoms with Gasteiger partial charge in [0, 0.05) is 18.4 Å². The van der Waals surface area contributed by atoms with Gasteiger partial charge >= 0.3 is 5.97 Å². The molecule has 0 aliphatic rings. The number of benzene rings is 2. The molecule has 0 atom stereocenters. The molecule has 2 aromatic carbocycles. The summed E-state index contributed by atoms with van der Waals surface area (Å²) in [6, 6.07) is 15.3. The van der Waals surface area contributed by atoms with Crippen LogP contribution in [0.3, 0.4) is 0 Å². The zero-order chi connectivity index (χ0) is 16.4. The molecule has 116 valence electrons. The highest BCUT2D eigenvalue weighted by atomic mass is 16.5. The zero-order valence-corrected chi connectivity index (χ0v) is 12.8. The Morgan fingerprint density at radius 3 is 1.91 bits per heavy atom. The molecule has 0 heterocycles. The quantitative estimate of drug-likeness (QED) is 0.527. The van der Waals surface area contributed by atoms with Gasteiger partial charge in [-0.3, -0.25) is 9.59 Å². The Balaban J connectivity index is 0.000000287. The highest BCUT2D eigenvalue weighted by Crippen LogP contribution is 2.13. The van der Waals surface area contributed by atoms with Crippen molar-refractivity contribution in [2.24, 2.45) is 0 Å². The van der Waals surface area contributed by atoms with Gasteiger partial charge in [0.2, 0.25) is 0 Å². The van der Waals surface area contributed by atoms with E-state index in [0.717, 1.165) is 0 Å². The fraction of sp³-hybridized carbons (Fsp3) is 0.222. The first-order valence-electron chi connectivity index (χ1n) is 7.14. The van der Waals surface area contributed by atoms with Gasteiger partial charge in [-0.1, -0.05) is 32.0 Å². The van der Waals surface area contributed by atoms with E-state index in [4.69, 9.17) is 9.84 Å².